The fourth-order valence-corrected chi connectivity index (χ4v) is 2.31. The maximum atomic E-state index is 14.9. The summed E-state index contributed by atoms with van der Waals surface area (Å²) in [5, 5.41) is 0. The molecule has 1 atom stereocenters. The van der Waals surface area contributed by atoms with E-state index in [0.29, 0.717) is 12.0 Å². The van der Waals surface area contributed by atoms with Crippen molar-refractivity contribution in [3.8, 4) is 0 Å². The molecular weight excluding hydrogens is 340 g/mol. The first kappa shape index (κ1) is 13.5. The van der Waals surface area contributed by atoms with Crippen molar-refractivity contribution in [3.05, 3.63) is 69.3 Å². The Morgan fingerprint density at radius 3 is 2.17 bits per heavy atom. The summed E-state index contributed by atoms with van der Waals surface area (Å²) in [4.78, 5) is 0. The molecule has 2 N–H and O–H groups in total. The summed E-state index contributed by atoms with van der Waals surface area (Å²) in [6.07, 6.45) is 0.310. The average molecular weight is 355 g/mol. The summed E-state index contributed by atoms with van der Waals surface area (Å²) in [7, 11) is 0. The second-order valence-corrected chi connectivity index (χ2v) is 5.58. The molecule has 0 saturated heterocycles. The molecule has 94 valence electrons. The Hall–Kier alpha value is -0.940. The topological polar surface area (TPSA) is 26.0 Å². The van der Waals surface area contributed by atoms with E-state index in [-0.39, 0.29) is 6.54 Å². The molecule has 3 heteroatoms. The summed E-state index contributed by atoms with van der Waals surface area (Å²) >= 11 is 2.24. The molecule has 0 bridgehead atoms. The van der Waals surface area contributed by atoms with Crippen LogP contribution in [0.1, 0.15) is 11.1 Å². The van der Waals surface area contributed by atoms with Gasteiger partial charge in [0.15, 0.2) is 5.67 Å². The predicted octanol–water partition coefficient (Wildman–Crippen LogP) is 3.66. The molecule has 0 spiro atoms. The lowest BCUT2D eigenvalue weighted by Crippen LogP contribution is -2.32. The van der Waals surface area contributed by atoms with Crippen molar-refractivity contribution in [1.82, 2.24) is 0 Å². The molecule has 18 heavy (non-hydrogen) atoms. The third kappa shape index (κ3) is 3.09. The largest absolute Gasteiger partial charge is 0.327 e. The van der Waals surface area contributed by atoms with Gasteiger partial charge in [-0.05, 0) is 45.9 Å². The summed E-state index contributed by atoms with van der Waals surface area (Å²) in [5.74, 6) is 0. The predicted molar refractivity (Wildman–Crippen MR) is 81.1 cm³/mol. The number of halogens is 2. The molecule has 0 heterocycles. The number of alkyl halides is 1. The van der Waals surface area contributed by atoms with Crippen molar-refractivity contribution in [3.63, 3.8) is 0 Å². The molecule has 0 aliphatic rings. The van der Waals surface area contributed by atoms with Gasteiger partial charge in [-0.2, -0.15) is 0 Å². The number of benzene rings is 2. The Balaban J connectivity index is 2.26. The number of rotatable bonds is 4. The van der Waals surface area contributed by atoms with E-state index < -0.39 is 5.67 Å². The zero-order chi connectivity index (χ0) is 13.0. The lowest BCUT2D eigenvalue weighted by molar-refractivity contribution is 0.175. The van der Waals surface area contributed by atoms with Gasteiger partial charge in [0.25, 0.3) is 0 Å². The van der Waals surface area contributed by atoms with Gasteiger partial charge in [0, 0.05) is 16.5 Å². The zero-order valence-electron chi connectivity index (χ0n) is 9.94. The summed E-state index contributed by atoms with van der Waals surface area (Å²) in [6, 6.07) is 17.0. The van der Waals surface area contributed by atoms with Crippen LogP contribution in [0, 0.1) is 3.57 Å². The molecule has 0 aliphatic heterocycles. The van der Waals surface area contributed by atoms with Crippen LogP contribution in [0.2, 0.25) is 0 Å². The third-order valence-corrected chi connectivity index (χ3v) is 3.73. The monoisotopic (exact) mass is 355 g/mol. The van der Waals surface area contributed by atoms with E-state index in [1.165, 1.54) is 0 Å². The quantitative estimate of drug-likeness (QED) is 0.833. The van der Waals surface area contributed by atoms with Crippen molar-refractivity contribution in [2.75, 3.05) is 6.54 Å². The summed E-state index contributed by atoms with van der Waals surface area (Å²) in [5.41, 5.74) is 5.76. The van der Waals surface area contributed by atoms with E-state index in [9.17, 15) is 4.39 Å². The molecule has 2 rings (SSSR count). The highest BCUT2D eigenvalue weighted by Crippen LogP contribution is 2.29. The highest BCUT2D eigenvalue weighted by molar-refractivity contribution is 14.1. The van der Waals surface area contributed by atoms with Crippen LogP contribution in [0.4, 0.5) is 4.39 Å². The molecule has 0 amide bonds. The normalized spacial score (nSPS) is 14.2. The van der Waals surface area contributed by atoms with Gasteiger partial charge in [0.05, 0.1) is 0 Å². The first-order chi connectivity index (χ1) is 8.64. The van der Waals surface area contributed by atoms with E-state index in [2.05, 4.69) is 22.6 Å². The minimum absolute atomic E-state index is 0.0109. The highest BCUT2D eigenvalue weighted by atomic mass is 127. The van der Waals surface area contributed by atoms with Crippen molar-refractivity contribution < 1.29 is 4.39 Å². The average Bonchev–Trinajstić information content (AvgIpc) is 2.42. The number of hydrogen-bond donors (Lipinski definition) is 1. The second kappa shape index (κ2) is 5.80. The van der Waals surface area contributed by atoms with Crippen LogP contribution < -0.4 is 5.73 Å². The zero-order valence-corrected chi connectivity index (χ0v) is 12.1. The minimum atomic E-state index is -1.49. The van der Waals surface area contributed by atoms with Gasteiger partial charge in [-0.25, -0.2) is 4.39 Å². The fourth-order valence-electron chi connectivity index (χ4n) is 1.95. The molecule has 0 fully saturated rings. The Kier molecular flexibility index (Phi) is 4.35. The SMILES string of the molecule is NCC(F)(Cc1ccc(I)cc1)c1ccccc1. The van der Waals surface area contributed by atoms with Crippen molar-refractivity contribution >= 4 is 22.6 Å². The highest BCUT2D eigenvalue weighted by Gasteiger charge is 2.30. The molecule has 2 aromatic rings. The van der Waals surface area contributed by atoms with Gasteiger partial charge in [0.1, 0.15) is 0 Å². The molecule has 0 radical (unpaired) electrons. The molecule has 2 aromatic carbocycles. The maximum absolute atomic E-state index is 14.9. The molecule has 1 unspecified atom stereocenters. The van der Waals surface area contributed by atoms with Crippen LogP contribution >= 0.6 is 22.6 Å². The van der Waals surface area contributed by atoms with Crippen molar-refractivity contribution in [1.29, 1.82) is 0 Å². The Bertz CT molecular complexity index is 498. The number of nitrogens with two attached hydrogens (primary N) is 1. The molecule has 0 aliphatic carbocycles. The van der Waals surface area contributed by atoms with Crippen LogP contribution in [0.15, 0.2) is 54.6 Å². The minimum Gasteiger partial charge on any atom is -0.327 e. The van der Waals surface area contributed by atoms with Crippen LogP contribution in [-0.2, 0) is 12.1 Å². The van der Waals surface area contributed by atoms with E-state index in [0.717, 1.165) is 9.13 Å². The van der Waals surface area contributed by atoms with Crippen molar-refractivity contribution in [2.24, 2.45) is 5.73 Å². The van der Waals surface area contributed by atoms with Gasteiger partial charge in [-0.3, -0.25) is 0 Å². The fraction of sp³-hybridized carbons (Fsp3) is 0.200. The van der Waals surface area contributed by atoms with Gasteiger partial charge >= 0.3 is 0 Å². The van der Waals surface area contributed by atoms with Gasteiger partial charge in [-0.1, -0.05) is 42.5 Å². The first-order valence-corrected chi connectivity index (χ1v) is 6.91. The Morgan fingerprint density at radius 1 is 1.00 bits per heavy atom. The maximum Gasteiger partial charge on any atom is 0.152 e. The standard InChI is InChI=1S/C15H15FIN/c16-15(11-18,13-4-2-1-3-5-13)10-12-6-8-14(17)9-7-12/h1-9H,10-11,18H2. The third-order valence-electron chi connectivity index (χ3n) is 3.01. The van der Waals surface area contributed by atoms with Gasteiger partial charge in [0.2, 0.25) is 0 Å². The number of hydrogen-bond acceptors (Lipinski definition) is 1. The lowest BCUT2D eigenvalue weighted by atomic mass is 9.89. The molecular formula is C15H15FIN. The Labute approximate surface area is 120 Å². The van der Waals surface area contributed by atoms with Crippen LogP contribution in [0.3, 0.4) is 0 Å². The summed E-state index contributed by atoms with van der Waals surface area (Å²) < 4.78 is 16.1. The van der Waals surface area contributed by atoms with Gasteiger partial charge in [-0.15, -0.1) is 0 Å². The Morgan fingerprint density at radius 2 is 1.61 bits per heavy atom. The van der Waals surface area contributed by atoms with Crippen LogP contribution in [-0.4, -0.2) is 6.54 Å². The molecule has 0 aromatic heterocycles. The smallest absolute Gasteiger partial charge is 0.152 e. The van der Waals surface area contributed by atoms with E-state index in [1.807, 2.05) is 42.5 Å². The van der Waals surface area contributed by atoms with Crippen LogP contribution in [0.5, 0.6) is 0 Å². The second-order valence-electron chi connectivity index (χ2n) is 4.34. The first-order valence-electron chi connectivity index (χ1n) is 5.83. The van der Waals surface area contributed by atoms with Gasteiger partial charge < -0.3 is 5.73 Å². The van der Waals surface area contributed by atoms with E-state index in [1.54, 1.807) is 12.1 Å². The molecule has 1 nitrogen and oxygen atoms in total. The lowest BCUT2D eigenvalue weighted by Gasteiger charge is -2.24. The van der Waals surface area contributed by atoms with Crippen molar-refractivity contribution in [2.45, 2.75) is 12.1 Å². The summed E-state index contributed by atoms with van der Waals surface area (Å²) in [6.45, 7) is -0.0109. The molecule has 0 saturated carbocycles. The van der Waals surface area contributed by atoms with E-state index in [4.69, 9.17) is 5.73 Å². The van der Waals surface area contributed by atoms with E-state index >= 15 is 0 Å². The van der Waals surface area contributed by atoms with Crippen LogP contribution in [0.25, 0.3) is 0 Å².